The van der Waals surface area contributed by atoms with E-state index >= 15 is 0 Å². The first-order valence-electron chi connectivity index (χ1n) is 10.8. The first-order valence-corrected chi connectivity index (χ1v) is 10.8. The molecule has 1 heterocycles. The number of hydrogen-bond acceptors (Lipinski definition) is 1. The summed E-state index contributed by atoms with van der Waals surface area (Å²) in [6, 6.07) is 5.02. The van der Waals surface area contributed by atoms with Gasteiger partial charge in [0.1, 0.15) is 0 Å². The Bertz CT molecular complexity index is 1040. The van der Waals surface area contributed by atoms with Gasteiger partial charge in [-0.05, 0) is 122 Å². The number of nitrogens with zero attached hydrogens (tertiary/aromatic N) is 1. The molecule has 0 unspecified atom stereocenters. The van der Waals surface area contributed by atoms with Gasteiger partial charge < -0.3 is 0 Å². The van der Waals surface area contributed by atoms with Crippen molar-refractivity contribution in [2.45, 2.75) is 77.0 Å². The maximum Gasteiger partial charge on any atom is 0.0746 e. The molecule has 26 heavy (non-hydrogen) atoms. The van der Waals surface area contributed by atoms with Gasteiger partial charge in [0.2, 0.25) is 0 Å². The second kappa shape index (κ2) is 5.81. The number of aromatic nitrogens is 1. The smallest absolute Gasteiger partial charge is 0.0746 e. The van der Waals surface area contributed by atoms with Crippen LogP contribution < -0.4 is 0 Å². The maximum absolute atomic E-state index is 5.08. The Morgan fingerprint density at radius 2 is 1.15 bits per heavy atom. The van der Waals surface area contributed by atoms with Crippen molar-refractivity contribution in [1.82, 2.24) is 4.98 Å². The second-order valence-corrected chi connectivity index (χ2v) is 8.73. The summed E-state index contributed by atoms with van der Waals surface area (Å²) in [6.45, 7) is 0. The fourth-order valence-corrected chi connectivity index (χ4v) is 6.00. The van der Waals surface area contributed by atoms with E-state index in [1.807, 2.05) is 0 Å². The van der Waals surface area contributed by atoms with E-state index in [0.29, 0.717) is 0 Å². The predicted molar refractivity (Wildman–Crippen MR) is 109 cm³/mol. The normalized spacial score (nSPS) is 19.2. The molecule has 0 saturated heterocycles. The van der Waals surface area contributed by atoms with Crippen molar-refractivity contribution in [3.63, 3.8) is 0 Å². The lowest BCUT2D eigenvalue weighted by Crippen LogP contribution is -2.14. The Kier molecular flexibility index (Phi) is 3.39. The molecule has 3 aliphatic carbocycles. The van der Waals surface area contributed by atoms with Crippen LogP contribution in [-0.4, -0.2) is 4.98 Å². The molecular formula is C25H27N. The Labute approximate surface area is 155 Å². The van der Waals surface area contributed by atoms with Crippen molar-refractivity contribution in [1.29, 1.82) is 0 Å². The van der Waals surface area contributed by atoms with Gasteiger partial charge in [0.05, 0.1) is 5.52 Å². The first kappa shape index (κ1) is 15.2. The Balaban J connectivity index is 1.76. The molecule has 6 rings (SSSR count). The summed E-state index contributed by atoms with van der Waals surface area (Å²) in [6.07, 6.45) is 17.9. The highest BCUT2D eigenvalue weighted by Gasteiger charge is 2.25. The van der Waals surface area contributed by atoms with Gasteiger partial charge in [0.15, 0.2) is 0 Å². The zero-order chi connectivity index (χ0) is 17.1. The van der Waals surface area contributed by atoms with E-state index in [-0.39, 0.29) is 0 Å². The van der Waals surface area contributed by atoms with Gasteiger partial charge in [-0.15, -0.1) is 0 Å². The molecule has 3 aliphatic rings. The van der Waals surface area contributed by atoms with Crippen LogP contribution in [0.15, 0.2) is 18.3 Å². The van der Waals surface area contributed by atoms with E-state index < -0.39 is 0 Å². The SMILES string of the molecule is c1nc2c3c(c4c(c2c2cc5c(cc12)CCCC5)CCCC4)CCCC3. The number of rotatable bonds is 0. The molecule has 0 bridgehead atoms. The fraction of sp³-hybridized carbons (Fsp3) is 0.480. The van der Waals surface area contributed by atoms with Gasteiger partial charge in [-0.3, -0.25) is 4.98 Å². The molecule has 0 radical (unpaired) electrons. The third-order valence-corrected chi connectivity index (χ3v) is 7.24. The largest absolute Gasteiger partial charge is 0.255 e. The highest BCUT2D eigenvalue weighted by atomic mass is 14.7. The van der Waals surface area contributed by atoms with Crippen LogP contribution in [0.3, 0.4) is 0 Å². The zero-order valence-electron chi connectivity index (χ0n) is 15.7. The van der Waals surface area contributed by atoms with Crippen LogP contribution in [0, 0.1) is 0 Å². The molecule has 0 aliphatic heterocycles. The lowest BCUT2D eigenvalue weighted by atomic mass is 9.77. The van der Waals surface area contributed by atoms with E-state index in [9.17, 15) is 0 Å². The molecule has 0 atom stereocenters. The van der Waals surface area contributed by atoms with E-state index in [1.54, 1.807) is 33.4 Å². The van der Waals surface area contributed by atoms with Crippen molar-refractivity contribution in [2.75, 3.05) is 0 Å². The lowest BCUT2D eigenvalue weighted by Gasteiger charge is -2.28. The number of fused-ring (bicyclic) bond motifs is 9. The number of hydrogen-bond donors (Lipinski definition) is 0. The van der Waals surface area contributed by atoms with Crippen molar-refractivity contribution >= 4 is 21.7 Å². The predicted octanol–water partition coefficient (Wildman–Crippen LogP) is 6.02. The number of aryl methyl sites for hydroxylation is 4. The second-order valence-electron chi connectivity index (χ2n) is 8.73. The third-order valence-electron chi connectivity index (χ3n) is 7.24. The van der Waals surface area contributed by atoms with Gasteiger partial charge in [-0.2, -0.15) is 0 Å². The zero-order valence-corrected chi connectivity index (χ0v) is 15.7. The molecular weight excluding hydrogens is 314 g/mol. The van der Waals surface area contributed by atoms with Gasteiger partial charge in [-0.1, -0.05) is 6.07 Å². The summed E-state index contributed by atoms with van der Waals surface area (Å²) < 4.78 is 0. The minimum Gasteiger partial charge on any atom is -0.255 e. The maximum atomic E-state index is 5.08. The molecule has 1 aromatic heterocycles. The molecule has 0 spiro atoms. The Morgan fingerprint density at radius 1 is 0.577 bits per heavy atom. The van der Waals surface area contributed by atoms with Crippen molar-refractivity contribution < 1.29 is 0 Å². The highest BCUT2D eigenvalue weighted by Crippen LogP contribution is 2.41. The topological polar surface area (TPSA) is 12.9 Å². The quantitative estimate of drug-likeness (QED) is 0.455. The average Bonchev–Trinajstić information content (AvgIpc) is 2.72. The number of pyridine rings is 1. The molecule has 132 valence electrons. The van der Waals surface area contributed by atoms with E-state index in [2.05, 4.69) is 18.3 Å². The molecule has 2 aromatic carbocycles. The summed E-state index contributed by atoms with van der Waals surface area (Å²) in [4.78, 5) is 5.08. The summed E-state index contributed by atoms with van der Waals surface area (Å²) in [5, 5.41) is 4.41. The van der Waals surface area contributed by atoms with Gasteiger partial charge in [-0.25, -0.2) is 0 Å². The fourth-order valence-electron chi connectivity index (χ4n) is 6.00. The minimum absolute atomic E-state index is 1.24. The number of benzene rings is 2. The van der Waals surface area contributed by atoms with Crippen LogP contribution in [0.2, 0.25) is 0 Å². The summed E-state index contributed by atoms with van der Waals surface area (Å²) >= 11 is 0. The van der Waals surface area contributed by atoms with Gasteiger partial charge in [0, 0.05) is 17.0 Å². The van der Waals surface area contributed by atoms with Gasteiger partial charge in [0.25, 0.3) is 0 Å². The highest BCUT2D eigenvalue weighted by molar-refractivity contribution is 6.09. The van der Waals surface area contributed by atoms with Gasteiger partial charge >= 0.3 is 0 Å². The van der Waals surface area contributed by atoms with Crippen LogP contribution in [-0.2, 0) is 38.5 Å². The molecule has 0 N–H and O–H groups in total. The molecule has 3 aromatic rings. The third kappa shape index (κ3) is 2.12. The van der Waals surface area contributed by atoms with Crippen molar-refractivity contribution in [3.8, 4) is 0 Å². The Morgan fingerprint density at radius 3 is 1.92 bits per heavy atom. The minimum atomic E-state index is 1.24. The summed E-state index contributed by atoms with van der Waals surface area (Å²) in [5.41, 5.74) is 11.2. The van der Waals surface area contributed by atoms with Crippen molar-refractivity contribution in [3.05, 3.63) is 51.7 Å². The molecule has 1 nitrogen and oxygen atoms in total. The lowest BCUT2D eigenvalue weighted by molar-refractivity contribution is 0.646. The van der Waals surface area contributed by atoms with Crippen LogP contribution in [0.1, 0.15) is 71.9 Å². The van der Waals surface area contributed by atoms with Crippen LogP contribution in [0.4, 0.5) is 0 Å². The summed E-state index contributed by atoms with van der Waals surface area (Å²) in [7, 11) is 0. The molecule has 0 saturated carbocycles. The van der Waals surface area contributed by atoms with Crippen molar-refractivity contribution in [2.24, 2.45) is 0 Å². The average molecular weight is 341 g/mol. The van der Waals surface area contributed by atoms with E-state index in [1.165, 1.54) is 98.7 Å². The Hall–Kier alpha value is -1.89. The monoisotopic (exact) mass is 341 g/mol. The van der Waals surface area contributed by atoms with E-state index in [0.717, 1.165) is 0 Å². The van der Waals surface area contributed by atoms with Crippen LogP contribution in [0.5, 0.6) is 0 Å². The van der Waals surface area contributed by atoms with Crippen LogP contribution >= 0.6 is 0 Å². The first-order chi connectivity index (χ1) is 12.9. The molecule has 0 fully saturated rings. The summed E-state index contributed by atoms with van der Waals surface area (Å²) in [5.74, 6) is 0. The molecule has 1 heteroatoms. The van der Waals surface area contributed by atoms with Crippen LogP contribution in [0.25, 0.3) is 21.7 Å². The molecule has 0 amide bonds. The van der Waals surface area contributed by atoms with E-state index in [4.69, 9.17) is 4.98 Å². The standard InChI is InChI=1S/C25H27N/c1-2-8-17-14-23-18(13-16(17)7-1)15-26-25-22-12-6-4-10-20(22)19-9-3-5-11-21(19)24(23)25/h13-15H,1-12H2.